The summed E-state index contributed by atoms with van der Waals surface area (Å²) in [6.07, 6.45) is 5.79. The van der Waals surface area contributed by atoms with Gasteiger partial charge in [-0.05, 0) is 94.5 Å². The molecule has 0 bridgehead atoms. The van der Waals surface area contributed by atoms with Crippen LogP contribution in [0.3, 0.4) is 0 Å². The molecule has 5 nitrogen and oxygen atoms in total. The highest BCUT2D eigenvalue weighted by Crippen LogP contribution is 2.38. The summed E-state index contributed by atoms with van der Waals surface area (Å²) in [6.45, 7) is 7.56. The quantitative estimate of drug-likeness (QED) is 0.482. The third-order valence-corrected chi connectivity index (χ3v) is 7.03. The Labute approximate surface area is 191 Å². The van der Waals surface area contributed by atoms with E-state index >= 15 is 0 Å². The second-order valence-corrected chi connectivity index (χ2v) is 9.07. The maximum absolute atomic E-state index is 6.02. The Morgan fingerprint density at radius 3 is 2.62 bits per heavy atom. The van der Waals surface area contributed by atoms with Crippen LogP contribution in [0.4, 0.5) is 0 Å². The fraction of sp³-hybridized carbons (Fsp3) is 0.444. The first-order valence-corrected chi connectivity index (χ1v) is 11.9. The lowest BCUT2D eigenvalue weighted by Gasteiger charge is -2.20. The lowest BCUT2D eigenvalue weighted by molar-refractivity contribution is 0.230. The summed E-state index contributed by atoms with van der Waals surface area (Å²) < 4.78 is 13.6. The van der Waals surface area contributed by atoms with Crippen LogP contribution in [0.5, 0.6) is 11.5 Å². The van der Waals surface area contributed by atoms with E-state index in [1.54, 1.807) is 7.11 Å². The minimum absolute atomic E-state index is 0.725. The zero-order valence-corrected chi connectivity index (χ0v) is 19.4. The van der Waals surface area contributed by atoms with Crippen molar-refractivity contribution in [3.05, 3.63) is 59.3 Å². The Kier molecular flexibility index (Phi) is 5.92. The number of hydrogen-bond donors (Lipinski definition) is 0. The summed E-state index contributed by atoms with van der Waals surface area (Å²) in [5.74, 6) is 1.80. The van der Waals surface area contributed by atoms with Crippen LogP contribution in [0.1, 0.15) is 43.0 Å². The number of aryl methyl sites for hydroxylation is 2. The molecule has 1 fully saturated rings. The van der Waals surface area contributed by atoms with Crippen molar-refractivity contribution in [3.63, 3.8) is 0 Å². The lowest BCUT2D eigenvalue weighted by atomic mass is 9.89. The van der Waals surface area contributed by atoms with Gasteiger partial charge in [-0.2, -0.15) is 5.10 Å². The number of ether oxygens (including phenoxy) is 2. The fourth-order valence-corrected chi connectivity index (χ4v) is 5.17. The van der Waals surface area contributed by atoms with Crippen LogP contribution < -0.4 is 9.47 Å². The van der Waals surface area contributed by atoms with Crippen molar-refractivity contribution in [1.82, 2.24) is 14.7 Å². The zero-order valence-electron chi connectivity index (χ0n) is 19.4. The van der Waals surface area contributed by atoms with Crippen LogP contribution in [0.2, 0.25) is 0 Å². The van der Waals surface area contributed by atoms with Crippen LogP contribution in [0.25, 0.3) is 16.9 Å². The van der Waals surface area contributed by atoms with Crippen molar-refractivity contribution in [2.75, 3.05) is 26.8 Å². The fourth-order valence-electron chi connectivity index (χ4n) is 5.17. The van der Waals surface area contributed by atoms with Gasteiger partial charge in [0.2, 0.25) is 0 Å². The van der Waals surface area contributed by atoms with E-state index in [-0.39, 0.29) is 0 Å². The molecule has 1 aliphatic heterocycles. The normalized spacial score (nSPS) is 17.8. The molecular weight excluding hydrogens is 398 g/mol. The van der Waals surface area contributed by atoms with Crippen LogP contribution in [-0.4, -0.2) is 47.5 Å². The maximum atomic E-state index is 6.02. The van der Waals surface area contributed by atoms with E-state index in [1.807, 2.05) is 6.07 Å². The van der Waals surface area contributed by atoms with Crippen molar-refractivity contribution >= 4 is 0 Å². The zero-order chi connectivity index (χ0) is 22.1. The average Bonchev–Trinajstić information content (AvgIpc) is 3.39. The molecule has 32 heavy (non-hydrogen) atoms. The SMILES string of the molecule is COc1ccc2c(c1)-c1c(c(C)nn1-c1ccc(OCCCN3CCCC3C)cc1)CC2. The molecule has 0 saturated carbocycles. The molecule has 2 heterocycles. The average molecular weight is 432 g/mol. The van der Waals surface area contributed by atoms with E-state index in [2.05, 4.69) is 59.8 Å². The van der Waals surface area contributed by atoms with Crippen LogP contribution in [0.15, 0.2) is 42.5 Å². The highest BCUT2D eigenvalue weighted by Gasteiger charge is 2.25. The Morgan fingerprint density at radius 2 is 1.88 bits per heavy atom. The number of nitrogens with zero attached hydrogens (tertiary/aromatic N) is 3. The first kappa shape index (κ1) is 21.1. The minimum atomic E-state index is 0.725. The topological polar surface area (TPSA) is 39.5 Å². The van der Waals surface area contributed by atoms with Gasteiger partial charge in [-0.1, -0.05) is 6.07 Å². The molecule has 2 aromatic carbocycles. The molecule has 1 aromatic heterocycles. The van der Waals surface area contributed by atoms with Gasteiger partial charge in [0.1, 0.15) is 11.5 Å². The number of rotatable bonds is 7. The first-order valence-electron chi connectivity index (χ1n) is 11.9. The molecule has 5 heteroatoms. The maximum Gasteiger partial charge on any atom is 0.119 e. The van der Waals surface area contributed by atoms with Crippen LogP contribution in [0, 0.1) is 6.92 Å². The molecule has 3 aromatic rings. The van der Waals surface area contributed by atoms with E-state index < -0.39 is 0 Å². The Morgan fingerprint density at radius 1 is 1.06 bits per heavy atom. The van der Waals surface area contributed by atoms with Gasteiger partial charge in [-0.3, -0.25) is 0 Å². The van der Waals surface area contributed by atoms with Gasteiger partial charge in [0.05, 0.1) is 30.8 Å². The smallest absolute Gasteiger partial charge is 0.119 e. The molecule has 1 saturated heterocycles. The Hall–Kier alpha value is -2.79. The van der Waals surface area contributed by atoms with Gasteiger partial charge in [0.25, 0.3) is 0 Å². The molecule has 2 aliphatic rings. The molecule has 5 rings (SSSR count). The molecular formula is C27H33N3O2. The molecule has 168 valence electrons. The van der Waals surface area contributed by atoms with Gasteiger partial charge in [0.15, 0.2) is 0 Å². The molecule has 1 aliphatic carbocycles. The minimum Gasteiger partial charge on any atom is -0.497 e. The number of fused-ring (bicyclic) bond motifs is 3. The van der Waals surface area contributed by atoms with Crippen LogP contribution >= 0.6 is 0 Å². The van der Waals surface area contributed by atoms with Gasteiger partial charge in [-0.15, -0.1) is 0 Å². The molecule has 0 spiro atoms. The van der Waals surface area contributed by atoms with Gasteiger partial charge in [-0.25, -0.2) is 4.68 Å². The Balaban J connectivity index is 1.32. The van der Waals surface area contributed by atoms with E-state index in [9.17, 15) is 0 Å². The van der Waals surface area contributed by atoms with Crippen molar-refractivity contribution in [2.24, 2.45) is 0 Å². The van der Waals surface area contributed by atoms with Crippen LogP contribution in [-0.2, 0) is 12.8 Å². The predicted molar refractivity (Wildman–Crippen MR) is 128 cm³/mol. The summed E-state index contributed by atoms with van der Waals surface area (Å²) >= 11 is 0. The number of aromatic nitrogens is 2. The number of likely N-dealkylation sites (tertiary alicyclic amines) is 1. The molecule has 0 N–H and O–H groups in total. The molecule has 0 amide bonds. The lowest BCUT2D eigenvalue weighted by Crippen LogP contribution is -2.28. The summed E-state index contributed by atoms with van der Waals surface area (Å²) in [5, 5.41) is 4.90. The number of hydrogen-bond acceptors (Lipinski definition) is 4. The largest absolute Gasteiger partial charge is 0.497 e. The highest BCUT2D eigenvalue weighted by molar-refractivity contribution is 5.74. The van der Waals surface area contributed by atoms with E-state index in [1.165, 1.54) is 41.8 Å². The monoisotopic (exact) mass is 431 g/mol. The van der Waals surface area contributed by atoms with Crippen molar-refractivity contribution in [3.8, 4) is 28.4 Å². The standard InChI is InChI=1S/C27H33N3O2/c1-19-6-4-15-29(19)16-5-17-32-23-12-9-22(10-13-23)30-27-25(20(2)28-30)14-8-21-7-11-24(31-3)18-26(21)27/h7,9-13,18-19H,4-6,8,14-17H2,1-3H3. The number of benzene rings is 2. The second kappa shape index (κ2) is 8.99. The summed E-state index contributed by atoms with van der Waals surface area (Å²) in [7, 11) is 1.72. The summed E-state index contributed by atoms with van der Waals surface area (Å²) in [5.41, 5.74) is 7.26. The van der Waals surface area contributed by atoms with Crippen molar-refractivity contribution in [2.45, 2.75) is 52.0 Å². The molecule has 1 unspecified atom stereocenters. The predicted octanol–water partition coefficient (Wildman–Crippen LogP) is 5.21. The van der Waals surface area contributed by atoms with E-state index in [0.717, 1.165) is 61.3 Å². The van der Waals surface area contributed by atoms with Gasteiger partial charge in [0, 0.05) is 23.7 Å². The summed E-state index contributed by atoms with van der Waals surface area (Å²) in [4.78, 5) is 2.57. The van der Waals surface area contributed by atoms with Crippen molar-refractivity contribution in [1.29, 1.82) is 0 Å². The van der Waals surface area contributed by atoms with Crippen molar-refractivity contribution < 1.29 is 9.47 Å². The summed E-state index contributed by atoms with van der Waals surface area (Å²) in [6, 6.07) is 15.4. The first-order chi connectivity index (χ1) is 15.6. The van der Waals surface area contributed by atoms with E-state index in [4.69, 9.17) is 14.6 Å². The molecule has 1 atom stereocenters. The Bertz CT molecular complexity index is 1090. The number of methoxy groups -OCH3 is 1. The van der Waals surface area contributed by atoms with E-state index in [0.29, 0.717) is 0 Å². The van der Waals surface area contributed by atoms with Gasteiger partial charge >= 0.3 is 0 Å². The third kappa shape index (κ3) is 4.02. The second-order valence-electron chi connectivity index (χ2n) is 9.07. The highest BCUT2D eigenvalue weighted by atomic mass is 16.5. The van der Waals surface area contributed by atoms with Gasteiger partial charge < -0.3 is 14.4 Å². The third-order valence-electron chi connectivity index (χ3n) is 7.03. The molecule has 0 radical (unpaired) electrons.